The number of carbonyl (C=O) groups excluding carboxylic acids is 1. The Balaban J connectivity index is 2.50. The molecule has 1 fully saturated rings. The van der Waals surface area contributed by atoms with Gasteiger partial charge in [0, 0.05) is 26.2 Å². The van der Waals surface area contributed by atoms with Crippen LogP contribution in [0.3, 0.4) is 0 Å². The SMILES string of the molecule is CC(C)(CN)C(=O)N1CCC(CO)CC1. The fourth-order valence-corrected chi connectivity index (χ4v) is 1.83. The first-order valence-corrected chi connectivity index (χ1v) is 5.61. The van der Waals surface area contributed by atoms with E-state index < -0.39 is 5.41 Å². The van der Waals surface area contributed by atoms with Crippen LogP contribution in [-0.2, 0) is 4.79 Å². The Morgan fingerprint density at radius 2 is 2.00 bits per heavy atom. The second-order valence-electron chi connectivity index (χ2n) is 5.01. The molecule has 4 heteroatoms. The molecule has 1 heterocycles. The van der Waals surface area contributed by atoms with Crippen LogP contribution in [0.2, 0.25) is 0 Å². The normalized spacial score (nSPS) is 19.3. The fraction of sp³-hybridized carbons (Fsp3) is 0.909. The third-order valence-corrected chi connectivity index (χ3v) is 3.25. The van der Waals surface area contributed by atoms with Gasteiger partial charge in [-0.25, -0.2) is 0 Å². The van der Waals surface area contributed by atoms with Gasteiger partial charge in [0.05, 0.1) is 5.41 Å². The zero-order chi connectivity index (χ0) is 11.5. The number of aliphatic hydroxyl groups excluding tert-OH is 1. The summed E-state index contributed by atoms with van der Waals surface area (Å²) >= 11 is 0. The first kappa shape index (κ1) is 12.5. The Hall–Kier alpha value is -0.610. The van der Waals surface area contributed by atoms with E-state index in [-0.39, 0.29) is 12.5 Å². The minimum atomic E-state index is -0.452. The van der Waals surface area contributed by atoms with Gasteiger partial charge in [0.25, 0.3) is 0 Å². The molecule has 4 nitrogen and oxygen atoms in total. The zero-order valence-corrected chi connectivity index (χ0v) is 9.70. The molecule has 0 spiro atoms. The van der Waals surface area contributed by atoms with Crippen LogP contribution >= 0.6 is 0 Å². The van der Waals surface area contributed by atoms with Gasteiger partial charge in [-0.15, -0.1) is 0 Å². The van der Waals surface area contributed by atoms with Crippen molar-refractivity contribution in [1.29, 1.82) is 0 Å². The molecule has 3 N–H and O–H groups in total. The number of hydrogen-bond donors (Lipinski definition) is 2. The first-order chi connectivity index (χ1) is 7.01. The molecule has 1 amide bonds. The van der Waals surface area contributed by atoms with E-state index in [2.05, 4.69) is 0 Å². The quantitative estimate of drug-likeness (QED) is 0.705. The average molecular weight is 214 g/mol. The lowest BCUT2D eigenvalue weighted by Crippen LogP contribution is -2.48. The maximum atomic E-state index is 12.0. The molecule has 1 aliphatic rings. The third-order valence-electron chi connectivity index (χ3n) is 3.25. The third kappa shape index (κ3) is 2.92. The summed E-state index contributed by atoms with van der Waals surface area (Å²) in [4.78, 5) is 13.9. The van der Waals surface area contributed by atoms with E-state index >= 15 is 0 Å². The van der Waals surface area contributed by atoms with Gasteiger partial charge in [-0.05, 0) is 32.6 Å². The number of carbonyl (C=O) groups is 1. The van der Waals surface area contributed by atoms with Crippen molar-refractivity contribution in [1.82, 2.24) is 4.90 Å². The van der Waals surface area contributed by atoms with Crippen LogP contribution in [-0.4, -0.2) is 42.2 Å². The van der Waals surface area contributed by atoms with Gasteiger partial charge in [-0.2, -0.15) is 0 Å². The highest BCUT2D eigenvalue weighted by atomic mass is 16.3. The van der Waals surface area contributed by atoms with Crippen molar-refractivity contribution in [3.8, 4) is 0 Å². The summed E-state index contributed by atoms with van der Waals surface area (Å²) in [5.74, 6) is 0.511. The first-order valence-electron chi connectivity index (χ1n) is 5.61. The van der Waals surface area contributed by atoms with Gasteiger partial charge in [0.2, 0.25) is 5.91 Å². The highest BCUT2D eigenvalue weighted by molar-refractivity contribution is 5.82. The van der Waals surface area contributed by atoms with E-state index in [4.69, 9.17) is 10.8 Å². The van der Waals surface area contributed by atoms with Crippen molar-refractivity contribution in [2.45, 2.75) is 26.7 Å². The number of aliphatic hydroxyl groups is 1. The van der Waals surface area contributed by atoms with Crippen LogP contribution in [0.15, 0.2) is 0 Å². The molecule has 0 unspecified atom stereocenters. The Morgan fingerprint density at radius 3 is 2.40 bits per heavy atom. The lowest BCUT2D eigenvalue weighted by molar-refractivity contribution is -0.141. The van der Waals surface area contributed by atoms with Crippen molar-refractivity contribution >= 4 is 5.91 Å². The standard InChI is InChI=1S/C11H22N2O2/c1-11(2,8-12)10(15)13-5-3-9(7-14)4-6-13/h9,14H,3-8,12H2,1-2H3. The Morgan fingerprint density at radius 1 is 1.47 bits per heavy atom. The molecule has 0 saturated carbocycles. The van der Waals surface area contributed by atoms with Crippen LogP contribution in [0.25, 0.3) is 0 Å². The predicted molar refractivity (Wildman–Crippen MR) is 59.2 cm³/mol. The van der Waals surface area contributed by atoms with Gasteiger partial charge in [-0.3, -0.25) is 4.79 Å². The second-order valence-corrected chi connectivity index (χ2v) is 5.01. The summed E-state index contributed by atoms with van der Waals surface area (Å²) in [7, 11) is 0. The van der Waals surface area contributed by atoms with Crippen molar-refractivity contribution in [3.05, 3.63) is 0 Å². The van der Waals surface area contributed by atoms with Gasteiger partial charge in [0.15, 0.2) is 0 Å². The molecule has 0 bridgehead atoms. The Labute approximate surface area is 91.4 Å². The van der Waals surface area contributed by atoms with Crippen molar-refractivity contribution in [2.24, 2.45) is 17.1 Å². The van der Waals surface area contributed by atoms with Crippen LogP contribution < -0.4 is 5.73 Å². The van der Waals surface area contributed by atoms with E-state index in [9.17, 15) is 4.79 Å². The summed E-state index contributed by atoms with van der Waals surface area (Å²) in [5.41, 5.74) is 5.13. The van der Waals surface area contributed by atoms with Crippen LogP contribution in [0.1, 0.15) is 26.7 Å². The molecular formula is C11H22N2O2. The van der Waals surface area contributed by atoms with E-state index in [1.165, 1.54) is 0 Å². The lowest BCUT2D eigenvalue weighted by atomic mass is 9.89. The van der Waals surface area contributed by atoms with E-state index in [1.807, 2.05) is 18.7 Å². The fourth-order valence-electron chi connectivity index (χ4n) is 1.83. The highest BCUT2D eigenvalue weighted by Crippen LogP contribution is 2.22. The number of rotatable bonds is 3. The molecule has 0 atom stereocenters. The molecule has 0 aromatic rings. The smallest absolute Gasteiger partial charge is 0.229 e. The van der Waals surface area contributed by atoms with E-state index in [1.54, 1.807) is 0 Å². The maximum absolute atomic E-state index is 12.0. The van der Waals surface area contributed by atoms with Crippen molar-refractivity contribution < 1.29 is 9.90 Å². The highest BCUT2D eigenvalue weighted by Gasteiger charge is 2.32. The molecule has 0 radical (unpaired) electrons. The van der Waals surface area contributed by atoms with Crippen LogP contribution in [0, 0.1) is 11.3 Å². The molecule has 1 aliphatic heterocycles. The number of likely N-dealkylation sites (tertiary alicyclic amines) is 1. The number of piperidine rings is 1. The molecule has 88 valence electrons. The second kappa shape index (κ2) is 4.94. The molecule has 1 saturated heterocycles. The topological polar surface area (TPSA) is 66.6 Å². The number of nitrogens with two attached hydrogens (primary N) is 1. The van der Waals surface area contributed by atoms with Gasteiger partial charge < -0.3 is 15.7 Å². The minimum absolute atomic E-state index is 0.140. The summed E-state index contributed by atoms with van der Waals surface area (Å²) < 4.78 is 0. The minimum Gasteiger partial charge on any atom is -0.396 e. The summed E-state index contributed by atoms with van der Waals surface area (Å²) in [6.07, 6.45) is 1.81. The number of amides is 1. The van der Waals surface area contributed by atoms with E-state index in [0.29, 0.717) is 12.5 Å². The summed E-state index contributed by atoms with van der Waals surface area (Å²) in [6.45, 7) is 5.90. The van der Waals surface area contributed by atoms with Crippen LogP contribution in [0.4, 0.5) is 0 Å². The maximum Gasteiger partial charge on any atom is 0.229 e. The molecule has 0 aliphatic carbocycles. The Kier molecular flexibility index (Phi) is 4.11. The molecule has 0 aromatic heterocycles. The van der Waals surface area contributed by atoms with Gasteiger partial charge in [0.1, 0.15) is 0 Å². The molecular weight excluding hydrogens is 192 g/mol. The molecule has 1 rings (SSSR count). The largest absolute Gasteiger partial charge is 0.396 e. The molecule has 15 heavy (non-hydrogen) atoms. The number of nitrogens with zero attached hydrogens (tertiary/aromatic N) is 1. The van der Waals surface area contributed by atoms with E-state index in [0.717, 1.165) is 25.9 Å². The summed E-state index contributed by atoms with van der Waals surface area (Å²) in [5, 5.41) is 9.00. The molecule has 0 aromatic carbocycles. The monoisotopic (exact) mass is 214 g/mol. The van der Waals surface area contributed by atoms with Crippen molar-refractivity contribution in [3.63, 3.8) is 0 Å². The average Bonchev–Trinajstić information content (AvgIpc) is 2.28. The van der Waals surface area contributed by atoms with Gasteiger partial charge in [-0.1, -0.05) is 0 Å². The van der Waals surface area contributed by atoms with Crippen molar-refractivity contribution in [2.75, 3.05) is 26.2 Å². The van der Waals surface area contributed by atoms with Crippen LogP contribution in [0.5, 0.6) is 0 Å². The lowest BCUT2D eigenvalue weighted by Gasteiger charge is -2.36. The zero-order valence-electron chi connectivity index (χ0n) is 9.70. The number of hydrogen-bond acceptors (Lipinski definition) is 3. The Bertz CT molecular complexity index is 221. The van der Waals surface area contributed by atoms with Gasteiger partial charge >= 0.3 is 0 Å². The predicted octanol–water partition coefficient (Wildman–Crippen LogP) is 0.202. The summed E-state index contributed by atoms with van der Waals surface area (Å²) in [6, 6.07) is 0.